The Kier molecular flexibility index (Phi) is 4.14. The summed E-state index contributed by atoms with van der Waals surface area (Å²) in [5, 5.41) is 14.3. The largest absolute Gasteiger partial charge is 0.355 e. The number of nitrogens with zero attached hydrogens (tertiary/aromatic N) is 1. The average Bonchev–Trinajstić information content (AvgIpc) is 2.46. The number of hydrogen-bond donors (Lipinski definition) is 2. The molecule has 1 aliphatic heterocycles. The molecule has 1 heterocycles. The zero-order chi connectivity index (χ0) is 13.7. The summed E-state index contributed by atoms with van der Waals surface area (Å²) in [4.78, 5) is 22.9. The molecule has 1 aliphatic rings. The maximum absolute atomic E-state index is 11.9. The number of rotatable bonds is 3. The second kappa shape index (κ2) is 6.01. The van der Waals surface area contributed by atoms with Gasteiger partial charge in [-0.25, -0.2) is 0 Å². The van der Waals surface area contributed by atoms with E-state index in [2.05, 4.69) is 16.7 Å². The lowest BCUT2D eigenvalue weighted by Crippen LogP contribution is -2.42. The monoisotopic (exact) mass is 257 g/mol. The number of nitrogens with one attached hydrogen (secondary N) is 2. The van der Waals surface area contributed by atoms with Gasteiger partial charge >= 0.3 is 0 Å². The van der Waals surface area contributed by atoms with Gasteiger partial charge in [0.05, 0.1) is 17.6 Å². The predicted octanol–water partition coefficient (Wildman–Crippen LogP) is 0.701. The van der Waals surface area contributed by atoms with Gasteiger partial charge in [-0.1, -0.05) is 12.1 Å². The second-order valence-electron chi connectivity index (χ2n) is 4.57. The fourth-order valence-corrected chi connectivity index (χ4v) is 2.04. The van der Waals surface area contributed by atoms with Crippen LogP contribution in [0.5, 0.6) is 0 Å². The molecule has 1 aromatic carbocycles. The van der Waals surface area contributed by atoms with Gasteiger partial charge in [-0.2, -0.15) is 5.26 Å². The molecule has 2 N–H and O–H groups in total. The number of piperidine rings is 1. The lowest BCUT2D eigenvalue weighted by molar-refractivity contribution is -0.129. The summed E-state index contributed by atoms with van der Waals surface area (Å²) in [5.74, 6) is -0.204. The van der Waals surface area contributed by atoms with Gasteiger partial charge in [0.25, 0.3) is 0 Å². The van der Waals surface area contributed by atoms with Crippen LogP contribution in [0.4, 0.5) is 0 Å². The second-order valence-corrected chi connectivity index (χ2v) is 4.57. The highest BCUT2D eigenvalue weighted by Crippen LogP contribution is 2.11. The quantitative estimate of drug-likeness (QED) is 0.836. The van der Waals surface area contributed by atoms with E-state index in [9.17, 15) is 9.59 Å². The van der Waals surface area contributed by atoms with E-state index in [4.69, 9.17) is 5.26 Å². The van der Waals surface area contributed by atoms with E-state index in [0.717, 1.165) is 5.56 Å². The van der Waals surface area contributed by atoms with Gasteiger partial charge in [-0.3, -0.25) is 9.59 Å². The minimum atomic E-state index is -0.156. The molecule has 0 spiro atoms. The summed E-state index contributed by atoms with van der Waals surface area (Å²) in [6, 6.07) is 9.20. The van der Waals surface area contributed by atoms with Crippen LogP contribution in [-0.2, 0) is 16.1 Å². The summed E-state index contributed by atoms with van der Waals surface area (Å²) < 4.78 is 0. The number of nitriles is 1. The highest BCUT2D eigenvalue weighted by Gasteiger charge is 2.23. The number of hydrogen-bond acceptors (Lipinski definition) is 3. The fourth-order valence-electron chi connectivity index (χ4n) is 2.04. The van der Waals surface area contributed by atoms with Crippen LogP contribution in [0.1, 0.15) is 24.0 Å². The lowest BCUT2D eigenvalue weighted by Gasteiger charge is -2.21. The standard InChI is InChI=1S/C14H15N3O2/c15-7-10-2-1-3-11(6-10)8-17-14(19)12-4-5-13(18)16-9-12/h1-3,6,12H,4-5,8-9H2,(H,16,18)(H,17,19). The SMILES string of the molecule is N#Cc1cccc(CNC(=O)C2CCC(=O)NC2)c1. The van der Waals surface area contributed by atoms with Crippen molar-refractivity contribution >= 4 is 11.8 Å². The Morgan fingerprint density at radius 2 is 2.37 bits per heavy atom. The van der Waals surface area contributed by atoms with E-state index in [1.54, 1.807) is 18.2 Å². The average molecular weight is 257 g/mol. The van der Waals surface area contributed by atoms with Crippen molar-refractivity contribution in [3.8, 4) is 6.07 Å². The topological polar surface area (TPSA) is 82.0 Å². The Balaban J connectivity index is 1.86. The number of carbonyl (C=O) groups is 2. The molecule has 0 aliphatic carbocycles. The molecule has 2 rings (SSSR count). The Morgan fingerprint density at radius 1 is 1.53 bits per heavy atom. The molecule has 1 unspecified atom stereocenters. The zero-order valence-electron chi connectivity index (χ0n) is 10.5. The molecular weight excluding hydrogens is 242 g/mol. The fraction of sp³-hybridized carbons (Fsp3) is 0.357. The molecule has 5 heteroatoms. The van der Waals surface area contributed by atoms with Crippen molar-refractivity contribution < 1.29 is 9.59 Å². The van der Waals surface area contributed by atoms with Crippen LogP contribution < -0.4 is 10.6 Å². The molecule has 19 heavy (non-hydrogen) atoms. The highest BCUT2D eigenvalue weighted by molar-refractivity contribution is 5.83. The molecule has 1 atom stereocenters. The molecule has 1 saturated heterocycles. The van der Waals surface area contributed by atoms with E-state index in [0.29, 0.717) is 31.5 Å². The first-order valence-corrected chi connectivity index (χ1v) is 6.22. The molecule has 0 bridgehead atoms. The van der Waals surface area contributed by atoms with Crippen molar-refractivity contribution in [2.24, 2.45) is 5.92 Å². The van der Waals surface area contributed by atoms with E-state index in [-0.39, 0.29) is 17.7 Å². The van der Waals surface area contributed by atoms with Crippen LogP contribution in [0.3, 0.4) is 0 Å². The van der Waals surface area contributed by atoms with Crippen molar-refractivity contribution in [1.29, 1.82) is 5.26 Å². The van der Waals surface area contributed by atoms with E-state index in [1.807, 2.05) is 6.07 Å². The van der Waals surface area contributed by atoms with Gasteiger partial charge in [0.15, 0.2) is 0 Å². The first kappa shape index (κ1) is 13.1. The minimum Gasteiger partial charge on any atom is -0.355 e. The molecule has 5 nitrogen and oxygen atoms in total. The van der Waals surface area contributed by atoms with E-state index in [1.165, 1.54) is 0 Å². The van der Waals surface area contributed by atoms with Crippen molar-refractivity contribution in [3.05, 3.63) is 35.4 Å². The van der Waals surface area contributed by atoms with Gasteiger partial charge in [0, 0.05) is 19.5 Å². The van der Waals surface area contributed by atoms with Crippen LogP contribution in [-0.4, -0.2) is 18.4 Å². The number of benzene rings is 1. The van der Waals surface area contributed by atoms with Crippen LogP contribution >= 0.6 is 0 Å². The Bertz CT molecular complexity index is 524. The summed E-state index contributed by atoms with van der Waals surface area (Å²) in [6.45, 7) is 0.807. The van der Waals surface area contributed by atoms with Gasteiger partial charge < -0.3 is 10.6 Å². The van der Waals surface area contributed by atoms with Gasteiger partial charge in [0.2, 0.25) is 11.8 Å². The number of amides is 2. The molecule has 1 fully saturated rings. The predicted molar refractivity (Wildman–Crippen MR) is 68.7 cm³/mol. The van der Waals surface area contributed by atoms with E-state index < -0.39 is 0 Å². The molecule has 1 aromatic rings. The summed E-state index contributed by atoms with van der Waals surface area (Å²) in [6.07, 6.45) is 0.998. The van der Waals surface area contributed by atoms with Crippen molar-refractivity contribution in [2.75, 3.05) is 6.54 Å². The van der Waals surface area contributed by atoms with E-state index >= 15 is 0 Å². The van der Waals surface area contributed by atoms with Gasteiger partial charge in [0.1, 0.15) is 0 Å². The van der Waals surface area contributed by atoms with Crippen molar-refractivity contribution in [3.63, 3.8) is 0 Å². The minimum absolute atomic E-state index is 0.00534. The number of carbonyl (C=O) groups excluding carboxylic acids is 2. The molecule has 98 valence electrons. The Morgan fingerprint density at radius 3 is 3.05 bits per heavy atom. The van der Waals surface area contributed by atoms with Crippen LogP contribution in [0.2, 0.25) is 0 Å². The summed E-state index contributed by atoms with van der Waals surface area (Å²) >= 11 is 0. The molecule has 0 radical (unpaired) electrons. The maximum Gasteiger partial charge on any atom is 0.225 e. The highest BCUT2D eigenvalue weighted by atomic mass is 16.2. The van der Waals surface area contributed by atoms with Crippen LogP contribution in [0.15, 0.2) is 24.3 Å². The maximum atomic E-state index is 11.9. The van der Waals surface area contributed by atoms with Gasteiger partial charge in [-0.05, 0) is 24.1 Å². The normalized spacial score (nSPS) is 18.3. The summed E-state index contributed by atoms with van der Waals surface area (Å²) in [7, 11) is 0. The Hall–Kier alpha value is -2.35. The third-order valence-corrected chi connectivity index (χ3v) is 3.16. The zero-order valence-corrected chi connectivity index (χ0v) is 10.5. The Labute approximate surface area is 111 Å². The lowest BCUT2D eigenvalue weighted by atomic mass is 9.98. The molecule has 2 amide bonds. The van der Waals surface area contributed by atoms with Crippen molar-refractivity contribution in [2.45, 2.75) is 19.4 Å². The van der Waals surface area contributed by atoms with Crippen LogP contribution in [0, 0.1) is 17.2 Å². The van der Waals surface area contributed by atoms with Crippen molar-refractivity contribution in [1.82, 2.24) is 10.6 Å². The molecular formula is C14H15N3O2. The molecule has 0 aromatic heterocycles. The molecule has 0 saturated carbocycles. The first-order chi connectivity index (χ1) is 9.19. The van der Waals surface area contributed by atoms with Gasteiger partial charge in [-0.15, -0.1) is 0 Å². The third-order valence-electron chi connectivity index (χ3n) is 3.16. The summed E-state index contributed by atoms with van der Waals surface area (Å²) in [5.41, 5.74) is 1.48. The van der Waals surface area contributed by atoms with Crippen LogP contribution in [0.25, 0.3) is 0 Å². The first-order valence-electron chi connectivity index (χ1n) is 6.22. The third kappa shape index (κ3) is 3.55. The smallest absolute Gasteiger partial charge is 0.225 e.